The summed E-state index contributed by atoms with van der Waals surface area (Å²) in [4.78, 5) is 29.2. The molecule has 0 N–H and O–H groups in total. The average Bonchev–Trinajstić information content (AvgIpc) is 3.21. The maximum atomic E-state index is 12.5. The van der Waals surface area contributed by atoms with E-state index in [1.165, 1.54) is 0 Å². The van der Waals surface area contributed by atoms with Crippen molar-refractivity contribution in [1.82, 2.24) is 0 Å². The number of hydrogen-bond acceptors (Lipinski definition) is 7. The Bertz CT molecular complexity index is 1300. The van der Waals surface area contributed by atoms with Gasteiger partial charge in [0.2, 0.25) is 5.90 Å². The number of methoxy groups -OCH3 is 1. The van der Waals surface area contributed by atoms with Crippen LogP contribution in [0.4, 0.5) is 0 Å². The molecule has 34 heavy (non-hydrogen) atoms. The highest BCUT2D eigenvalue weighted by atomic mass is 35.5. The molecule has 0 saturated carbocycles. The van der Waals surface area contributed by atoms with Crippen molar-refractivity contribution in [2.75, 3.05) is 13.7 Å². The van der Waals surface area contributed by atoms with E-state index in [1.807, 2.05) is 6.92 Å². The summed E-state index contributed by atoms with van der Waals surface area (Å²) < 4.78 is 21.7. The number of rotatable bonds is 7. The van der Waals surface area contributed by atoms with Gasteiger partial charge < -0.3 is 18.9 Å². The second kappa shape index (κ2) is 10.2. The molecule has 8 heteroatoms. The first-order valence-corrected chi connectivity index (χ1v) is 10.8. The van der Waals surface area contributed by atoms with Crippen molar-refractivity contribution in [2.45, 2.75) is 6.92 Å². The Morgan fingerprint density at radius 2 is 1.85 bits per heavy atom. The Labute approximate surface area is 201 Å². The third-order valence-corrected chi connectivity index (χ3v) is 5.04. The van der Waals surface area contributed by atoms with E-state index in [2.05, 4.69) is 4.99 Å². The Kier molecular flexibility index (Phi) is 6.94. The molecule has 1 aliphatic rings. The van der Waals surface area contributed by atoms with Gasteiger partial charge in [-0.25, -0.2) is 14.6 Å². The van der Waals surface area contributed by atoms with Crippen molar-refractivity contribution in [3.8, 4) is 17.2 Å². The van der Waals surface area contributed by atoms with E-state index in [-0.39, 0.29) is 17.3 Å². The third kappa shape index (κ3) is 5.27. The summed E-state index contributed by atoms with van der Waals surface area (Å²) in [5, 5.41) is 0.520. The minimum atomic E-state index is -0.575. The zero-order valence-electron chi connectivity index (χ0n) is 18.4. The van der Waals surface area contributed by atoms with E-state index in [0.717, 1.165) is 0 Å². The molecule has 0 aromatic heterocycles. The minimum absolute atomic E-state index is 0.131. The molecule has 3 aromatic rings. The van der Waals surface area contributed by atoms with Crippen molar-refractivity contribution < 1.29 is 28.5 Å². The van der Waals surface area contributed by atoms with Crippen LogP contribution in [0.2, 0.25) is 5.02 Å². The summed E-state index contributed by atoms with van der Waals surface area (Å²) >= 11 is 5.87. The molecule has 1 heterocycles. The maximum Gasteiger partial charge on any atom is 0.363 e. The first-order valence-electron chi connectivity index (χ1n) is 10.4. The largest absolute Gasteiger partial charge is 0.497 e. The highest BCUT2D eigenvalue weighted by molar-refractivity contribution is 6.30. The molecule has 172 valence electrons. The standard InChI is InChI=1S/C26H20ClNO6/c1-3-32-23-14-16(7-12-22(23)33-25(29)17-8-10-19(27)11-9-17)13-21-26(30)34-24(28-21)18-5-4-6-20(15-18)31-2/h4-15H,3H2,1-2H3/b21-13+. The average molecular weight is 478 g/mol. The van der Waals surface area contributed by atoms with Crippen LogP contribution in [-0.2, 0) is 9.53 Å². The fourth-order valence-electron chi connectivity index (χ4n) is 3.16. The van der Waals surface area contributed by atoms with Gasteiger partial charge in [0, 0.05) is 10.6 Å². The molecule has 1 aliphatic heterocycles. The highest BCUT2D eigenvalue weighted by Crippen LogP contribution is 2.31. The molecule has 0 saturated heterocycles. The molecule has 7 nitrogen and oxygen atoms in total. The zero-order valence-corrected chi connectivity index (χ0v) is 19.2. The van der Waals surface area contributed by atoms with Gasteiger partial charge in [0.15, 0.2) is 17.2 Å². The molecule has 3 aromatic carbocycles. The number of benzene rings is 3. The van der Waals surface area contributed by atoms with E-state index in [4.69, 9.17) is 30.5 Å². The molecule has 0 atom stereocenters. The summed E-state index contributed by atoms with van der Waals surface area (Å²) in [5.74, 6) is 0.290. The fraction of sp³-hybridized carbons (Fsp3) is 0.115. The zero-order chi connectivity index (χ0) is 24.1. The van der Waals surface area contributed by atoms with Gasteiger partial charge in [-0.05, 0) is 73.2 Å². The minimum Gasteiger partial charge on any atom is -0.497 e. The number of hydrogen-bond donors (Lipinski definition) is 0. The van der Waals surface area contributed by atoms with Crippen LogP contribution in [0.25, 0.3) is 6.08 Å². The van der Waals surface area contributed by atoms with Gasteiger partial charge in [0.05, 0.1) is 19.3 Å². The molecule has 0 fully saturated rings. The van der Waals surface area contributed by atoms with E-state index >= 15 is 0 Å². The number of ether oxygens (including phenoxy) is 4. The molecule has 0 spiro atoms. The van der Waals surface area contributed by atoms with Crippen LogP contribution in [0.15, 0.2) is 77.4 Å². The first-order chi connectivity index (χ1) is 16.5. The van der Waals surface area contributed by atoms with Crippen molar-refractivity contribution in [1.29, 1.82) is 0 Å². The van der Waals surface area contributed by atoms with Gasteiger partial charge >= 0.3 is 11.9 Å². The fourth-order valence-corrected chi connectivity index (χ4v) is 3.28. The monoisotopic (exact) mass is 477 g/mol. The number of esters is 2. The van der Waals surface area contributed by atoms with Crippen molar-refractivity contribution in [3.05, 3.63) is 94.1 Å². The number of carbonyl (C=O) groups is 2. The second-order valence-electron chi connectivity index (χ2n) is 7.10. The predicted molar refractivity (Wildman–Crippen MR) is 128 cm³/mol. The van der Waals surface area contributed by atoms with Crippen LogP contribution < -0.4 is 14.2 Å². The van der Waals surface area contributed by atoms with Gasteiger partial charge in [-0.3, -0.25) is 0 Å². The number of nitrogens with zero attached hydrogens (tertiary/aromatic N) is 1. The van der Waals surface area contributed by atoms with E-state index in [1.54, 1.807) is 79.9 Å². The highest BCUT2D eigenvalue weighted by Gasteiger charge is 2.24. The normalized spacial score (nSPS) is 13.9. The van der Waals surface area contributed by atoms with Gasteiger partial charge in [-0.15, -0.1) is 0 Å². The van der Waals surface area contributed by atoms with Crippen LogP contribution in [-0.4, -0.2) is 31.6 Å². The molecular weight excluding hydrogens is 458 g/mol. The smallest absolute Gasteiger partial charge is 0.363 e. The topological polar surface area (TPSA) is 83.4 Å². The van der Waals surface area contributed by atoms with E-state index < -0.39 is 11.9 Å². The Morgan fingerprint density at radius 3 is 2.59 bits per heavy atom. The third-order valence-electron chi connectivity index (χ3n) is 4.79. The molecule has 0 bridgehead atoms. The van der Waals surface area contributed by atoms with Crippen LogP contribution in [0, 0.1) is 0 Å². The Hall–Kier alpha value is -4.10. The van der Waals surface area contributed by atoms with Gasteiger partial charge in [0.1, 0.15) is 5.75 Å². The number of cyclic esters (lactones) is 1. The van der Waals surface area contributed by atoms with Gasteiger partial charge in [-0.1, -0.05) is 23.7 Å². The first kappa shape index (κ1) is 23.1. The molecule has 0 radical (unpaired) electrons. The lowest BCUT2D eigenvalue weighted by atomic mass is 10.1. The lowest BCUT2D eigenvalue weighted by Gasteiger charge is -2.11. The van der Waals surface area contributed by atoms with Crippen LogP contribution in [0.1, 0.15) is 28.4 Å². The van der Waals surface area contributed by atoms with Crippen molar-refractivity contribution in [2.24, 2.45) is 4.99 Å². The van der Waals surface area contributed by atoms with Crippen molar-refractivity contribution >= 4 is 35.5 Å². The van der Waals surface area contributed by atoms with E-state index in [0.29, 0.717) is 39.8 Å². The summed E-state index contributed by atoms with van der Waals surface area (Å²) in [6.45, 7) is 2.17. The van der Waals surface area contributed by atoms with Crippen LogP contribution in [0.5, 0.6) is 17.2 Å². The molecular formula is C26H20ClNO6. The lowest BCUT2D eigenvalue weighted by Crippen LogP contribution is -2.09. The maximum absolute atomic E-state index is 12.5. The molecule has 0 amide bonds. The van der Waals surface area contributed by atoms with Crippen LogP contribution >= 0.6 is 11.6 Å². The summed E-state index contributed by atoms with van der Waals surface area (Å²) in [6.07, 6.45) is 1.57. The Balaban J connectivity index is 1.59. The number of aliphatic imine (C=N–C) groups is 1. The number of halogens is 1. The van der Waals surface area contributed by atoms with Crippen molar-refractivity contribution in [3.63, 3.8) is 0 Å². The predicted octanol–water partition coefficient (Wildman–Crippen LogP) is 5.31. The molecule has 0 aliphatic carbocycles. The van der Waals surface area contributed by atoms with Crippen LogP contribution in [0.3, 0.4) is 0 Å². The quantitative estimate of drug-likeness (QED) is 0.260. The van der Waals surface area contributed by atoms with E-state index in [9.17, 15) is 9.59 Å². The number of carbonyl (C=O) groups excluding carboxylic acids is 2. The molecule has 0 unspecified atom stereocenters. The van der Waals surface area contributed by atoms with Gasteiger partial charge in [0.25, 0.3) is 0 Å². The molecule has 4 rings (SSSR count). The summed E-state index contributed by atoms with van der Waals surface area (Å²) in [6, 6.07) is 18.4. The second-order valence-corrected chi connectivity index (χ2v) is 7.54. The van der Waals surface area contributed by atoms with Gasteiger partial charge in [-0.2, -0.15) is 0 Å². The summed E-state index contributed by atoms with van der Waals surface area (Å²) in [7, 11) is 1.55. The lowest BCUT2D eigenvalue weighted by molar-refractivity contribution is -0.129. The summed E-state index contributed by atoms with van der Waals surface area (Å²) in [5.41, 5.74) is 1.73. The SMILES string of the molecule is CCOc1cc(/C=C2/N=C(c3cccc(OC)c3)OC2=O)ccc1OC(=O)c1ccc(Cl)cc1. The Morgan fingerprint density at radius 1 is 1.06 bits per heavy atom.